The number of hydrazine groups is 1. The Hall–Kier alpha value is -2.26. The maximum absolute atomic E-state index is 13.5. The first-order valence-corrected chi connectivity index (χ1v) is 9.74. The highest BCUT2D eigenvalue weighted by Gasteiger charge is 2.39. The van der Waals surface area contributed by atoms with Gasteiger partial charge in [0.15, 0.2) is 0 Å². The number of hydrogen-bond donors (Lipinski definition) is 3. The molecule has 1 aromatic rings. The minimum absolute atomic E-state index is 0.116. The zero-order valence-corrected chi connectivity index (χ0v) is 16.7. The highest BCUT2D eigenvalue weighted by Crippen LogP contribution is 2.45. The van der Waals surface area contributed by atoms with E-state index in [1.807, 2.05) is 6.92 Å². The third kappa shape index (κ3) is 6.93. The molecule has 1 aliphatic heterocycles. The largest absolute Gasteiger partial charge is 0.439 e. The molecule has 162 valence electrons. The van der Waals surface area contributed by atoms with Crippen molar-refractivity contribution < 1.29 is 23.0 Å². The predicted octanol–water partition coefficient (Wildman–Crippen LogP) is 4.24. The molecule has 0 amide bonds. The number of halogens is 3. The van der Waals surface area contributed by atoms with E-state index in [4.69, 9.17) is 21.4 Å². The van der Waals surface area contributed by atoms with Gasteiger partial charge in [-0.05, 0) is 63.2 Å². The number of nitrogens with zero attached hydrogens (tertiary/aromatic N) is 2. The van der Waals surface area contributed by atoms with E-state index in [-0.39, 0.29) is 23.4 Å². The molecule has 3 rings (SSSR count). The molecule has 6 nitrogen and oxygen atoms in total. The molecule has 0 aromatic heterocycles. The molecule has 0 spiro atoms. The van der Waals surface area contributed by atoms with Gasteiger partial charge in [-0.1, -0.05) is 6.92 Å². The first-order valence-electron chi connectivity index (χ1n) is 9.74. The predicted molar refractivity (Wildman–Crippen MR) is 109 cm³/mol. The van der Waals surface area contributed by atoms with Gasteiger partial charge < -0.3 is 20.6 Å². The van der Waals surface area contributed by atoms with Crippen LogP contribution in [0.15, 0.2) is 29.1 Å². The monoisotopic (exact) mass is 414 g/mol. The average molecular weight is 414 g/mol. The van der Waals surface area contributed by atoms with Crippen LogP contribution in [0.2, 0.25) is 0 Å². The average Bonchev–Trinajstić information content (AvgIpc) is 3.46. The van der Waals surface area contributed by atoms with Crippen molar-refractivity contribution in [3.63, 3.8) is 0 Å². The van der Waals surface area contributed by atoms with Gasteiger partial charge in [0.25, 0.3) is 0 Å². The zero-order chi connectivity index (χ0) is 21.6. The second-order valence-electron chi connectivity index (χ2n) is 7.26. The molecule has 0 radical (unpaired) electrons. The number of anilines is 2. The highest BCUT2D eigenvalue weighted by molar-refractivity contribution is 5.75. The Morgan fingerprint density at radius 2 is 1.97 bits per heavy atom. The molecule has 5 N–H and O–H groups in total. The minimum atomic E-state index is -4.66. The van der Waals surface area contributed by atoms with Gasteiger partial charge in [0.05, 0.1) is 17.5 Å². The molecular formula is C20H29F3N4O2. The lowest BCUT2D eigenvalue weighted by molar-refractivity contribution is -0.137. The molecule has 2 aliphatic rings. The summed E-state index contributed by atoms with van der Waals surface area (Å²) in [6.45, 7) is 4.21. The molecule has 1 unspecified atom stereocenters. The van der Waals surface area contributed by atoms with Crippen molar-refractivity contribution in [1.29, 1.82) is 0 Å². The van der Waals surface area contributed by atoms with Crippen LogP contribution in [-0.2, 0) is 6.18 Å². The van der Waals surface area contributed by atoms with Gasteiger partial charge in [0.2, 0.25) is 5.88 Å². The van der Waals surface area contributed by atoms with E-state index in [1.165, 1.54) is 17.1 Å². The van der Waals surface area contributed by atoms with E-state index in [2.05, 4.69) is 4.99 Å². The molecule has 0 bridgehead atoms. The van der Waals surface area contributed by atoms with Gasteiger partial charge in [0, 0.05) is 12.8 Å². The van der Waals surface area contributed by atoms with Crippen molar-refractivity contribution in [2.45, 2.75) is 58.2 Å². The van der Waals surface area contributed by atoms with E-state index in [0.717, 1.165) is 25.7 Å². The third-order valence-electron chi connectivity index (χ3n) is 4.57. The SMILES string of the molecule is CCC(C)O.Nc1c(N(N)CC2CC2)ccc(OC2=CCCC=N2)c1C(F)(F)F. The lowest BCUT2D eigenvalue weighted by Gasteiger charge is -2.24. The minimum Gasteiger partial charge on any atom is -0.439 e. The first kappa shape index (κ1) is 23.0. The van der Waals surface area contributed by atoms with Crippen LogP contribution in [0.4, 0.5) is 24.5 Å². The van der Waals surface area contributed by atoms with Crippen molar-refractivity contribution in [2.75, 3.05) is 17.3 Å². The van der Waals surface area contributed by atoms with Crippen LogP contribution in [-0.4, -0.2) is 24.0 Å². The first-order chi connectivity index (χ1) is 13.6. The number of aliphatic hydroxyl groups excluding tert-OH is 1. The normalized spacial score (nSPS) is 17.1. The Labute approximate surface area is 169 Å². The van der Waals surface area contributed by atoms with Crippen LogP contribution in [0.25, 0.3) is 0 Å². The van der Waals surface area contributed by atoms with Crippen LogP contribution in [0.3, 0.4) is 0 Å². The smallest absolute Gasteiger partial charge is 0.422 e. The van der Waals surface area contributed by atoms with Crippen molar-refractivity contribution in [2.24, 2.45) is 16.8 Å². The van der Waals surface area contributed by atoms with Gasteiger partial charge in [-0.25, -0.2) is 10.8 Å². The van der Waals surface area contributed by atoms with E-state index in [0.29, 0.717) is 18.9 Å². The Balaban J connectivity index is 0.000000537. The number of alkyl halides is 3. The standard InChI is InChI=1S/C16H19F3N4O.C4H10O/c17-16(18,19)14-12(24-13-3-1-2-8-22-13)7-6-11(15(14)20)23(21)9-10-4-5-10;1-3-4(2)5/h3,6-8,10H,1-2,4-5,9,20-21H2;4-5H,3H2,1-2H3. The number of ether oxygens (including phenoxy) is 1. The fraction of sp³-hybridized carbons (Fsp3) is 0.550. The number of hydrogen-bond acceptors (Lipinski definition) is 6. The molecule has 0 saturated heterocycles. The van der Waals surface area contributed by atoms with Crippen molar-refractivity contribution in [3.8, 4) is 5.75 Å². The Morgan fingerprint density at radius 1 is 1.31 bits per heavy atom. The second kappa shape index (κ2) is 9.98. The van der Waals surface area contributed by atoms with E-state index >= 15 is 0 Å². The Bertz CT molecular complexity index is 744. The molecule has 1 aromatic carbocycles. The number of allylic oxidation sites excluding steroid dienone is 1. The molecule has 9 heteroatoms. The van der Waals surface area contributed by atoms with Crippen LogP contribution >= 0.6 is 0 Å². The summed E-state index contributed by atoms with van der Waals surface area (Å²) in [7, 11) is 0. The van der Waals surface area contributed by atoms with Gasteiger partial charge >= 0.3 is 6.18 Å². The zero-order valence-electron chi connectivity index (χ0n) is 16.7. The topological polar surface area (TPSA) is 97.1 Å². The number of benzene rings is 1. The highest BCUT2D eigenvalue weighted by atomic mass is 19.4. The van der Waals surface area contributed by atoms with Gasteiger partial charge in [-0.15, -0.1) is 0 Å². The van der Waals surface area contributed by atoms with Crippen LogP contribution in [0, 0.1) is 5.92 Å². The Morgan fingerprint density at radius 3 is 2.45 bits per heavy atom. The summed E-state index contributed by atoms with van der Waals surface area (Å²) in [4.78, 5) is 3.95. The van der Waals surface area contributed by atoms with Gasteiger partial charge in [-0.3, -0.25) is 0 Å². The van der Waals surface area contributed by atoms with E-state index in [1.54, 1.807) is 19.2 Å². The summed E-state index contributed by atoms with van der Waals surface area (Å²) in [5, 5.41) is 9.64. The summed E-state index contributed by atoms with van der Waals surface area (Å²) in [5.41, 5.74) is 4.50. The number of rotatable bonds is 6. The van der Waals surface area contributed by atoms with Crippen LogP contribution in [0.1, 0.15) is 51.5 Å². The summed E-state index contributed by atoms with van der Waals surface area (Å²) in [6, 6.07) is 2.70. The summed E-state index contributed by atoms with van der Waals surface area (Å²) in [5.74, 6) is 6.08. The number of nitrogens with two attached hydrogens (primary N) is 2. The fourth-order valence-corrected chi connectivity index (χ4v) is 2.56. The number of nitrogen functional groups attached to an aromatic ring is 1. The summed E-state index contributed by atoms with van der Waals surface area (Å²) >= 11 is 0. The maximum atomic E-state index is 13.5. The number of aliphatic hydroxyl groups is 1. The Kier molecular flexibility index (Phi) is 7.92. The van der Waals surface area contributed by atoms with Crippen LogP contribution < -0.4 is 21.3 Å². The molecule has 29 heavy (non-hydrogen) atoms. The maximum Gasteiger partial charge on any atom is 0.422 e. The number of aliphatic imine (C=N–C) groups is 1. The van der Waals surface area contributed by atoms with Gasteiger partial charge in [0.1, 0.15) is 11.3 Å². The molecule has 1 saturated carbocycles. The fourth-order valence-electron chi connectivity index (χ4n) is 2.56. The molecule has 1 fully saturated rings. The quantitative estimate of drug-likeness (QED) is 0.368. The second-order valence-corrected chi connectivity index (χ2v) is 7.26. The third-order valence-corrected chi connectivity index (χ3v) is 4.57. The van der Waals surface area contributed by atoms with E-state index < -0.39 is 17.4 Å². The van der Waals surface area contributed by atoms with E-state index in [9.17, 15) is 13.2 Å². The molecule has 1 heterocycles. The summed E-state index contributed by atoms with van der Waals surface area (Å²) in [6.07, 6.45) is 2.82. The van der Waals surface area contributed by atoms with Crippen molar-refractivity contribution >= 4 is 17.6 Å². The van der Waals surface area contributed by atoms with Crippen LogP contribution in [0.5, 0.6) is 5.75 Å². The molecule has 1 atom stereocenters. The van der Waals surface area contributed by atoms with Crippen molar-refractivity contribution in [3.05, 3.63) is 29.7 Å². The molecular weight excluding hydrogens is 385 g/mol. The lowest BCUT2D eigenvalue weighted by Crippen LogP contribution is -2.34. The van der Waals surface area contributed by atoms with Crippen molar-refractivity contribution in [1.82, 2.24) is 0 Å². The lowest BCUT2D eigenvalue weighted by atomic mass is 10.1. The summed E-state index contributed by atoms with van der Waals surface area (Å²) < 4.78 is 45.8. The van der Waals surface area contributed by atoms with Gasteiger partial charge in [-0.2, -0.15) is 13.2 Å². The molecule has 1 aliphatic carbocycles.